The van der Waals surface area contributed by atoms with E-state index in [1.54, 1.807) is 21.3 Å². The molecule has 2 fully saturated rings. The van der Waals surface area contributed by atoms with Crippen LogP contribution in [0.1, 0.15) is 49.3 Å². The molecule has 1 aliphatic carbocycles. The molecule has 0 aromatic heterocycles. The number of nitrogens with zero attached hydrogens (tertiary/aromatic N) is 1. The van der Waals surface area contributed by atoms with Crippen molar-refractivity contribution in [1.82, 2.24) is 4.90 Å². The van der Waals surface area contributed by atoms with Gasteiger partial charge < -0.3 is 19.3 Å². The molecule has 3 atom stereocenters. The Morgan fingerprint density at radius 2 is 1.74 bits per heavy atom. The first-order valence-corrected chi connectivity index (χ1v) is 11.4. The zero-order valence-electron chi connectivity index (χ0n) is 18.6. The number of piperidine rings is 1. The summed E-state index contributed by atoms with van der Waals surface area (Å²) < 4.78 is 16.8. The van der Waals surface area contributed by atoms with E-state index in [2.05, 4.69) is 11.0 Å². The lowest BCUT2D eigenvalue weighted by atomic mass is 9.66. The van der Waals surface area contributed by atoms with Crippen LogP contribution >= 0.6 is 11.6 Å². The first kappa shape index (κ1) is 22.3. The summed E-state index contributed by atoms with van der Waals surface area (Å²) in [6, 6.07) is 12.1. The third-order valence-electron chi connectivity index (χ3n) is 7.03. The quantitative estimate of drug-likeness (QED) is 0.659. The van der Waals surface area contributed by atoms with E-state index in [1.165, 1.54) is 0 Å². The topological polar surface area (TPSA) is 51.2 Å². The molecule has 1 N–H and O–H groups in total. The number of benzene rings is 2. The molecule has 1 saturated carbocycles. The summed E-state index contributed by atoms with van der Waals surface area (Å²) in [6.45, 7) is 1.53. The number of hydrogen-bond donors (Lipinski definition) is 1. The molecule has 2 aliphatic rings. The van der Waals surface area contributed by atoms with Crippen molar-refractivity contribution >= 4 is 11.6 Å². The van der Waals surface area contributed by atoms with Crippen LogP contribution in [-0.2, 0) is 6.54 Å². The fraction of sp³-hybridized carbons (Fsp3) is 0.520. The lowest BCUT2D eigenvalue weighted by Gasteiger charge is -2.53. The predicted octanol–water partition coefficient (Wildman–Crippen LogP) is 5.23. The number of fused-ring (bicyclic) bond motifs is 1. The maximum absolute atomic E-state index is 11.6. The molecule has 31 heavy (non-hydrogen) atoms. The van der Waals surface area contributed by atoms with E-state index < -0.39 is 5.60 Å². The summed E-state index contributed by atoms with van der Waals surface area (Å²) in [6.07, 6.45) is 4.85. The molecule has 4 rings (SSSR count). The van der Waals surface area contributed by atoms with Crippen LogP contribution in [0.2, 0.25) is 5.02 Å². The average molecular weight is 446 g/mol. The van der Waals surface area contributed by atoms with Crippen LogP contribution in [0.4, 0.5) is 0 Å². The second-order valence-electron chi connectivity index (χ2n) is 8.67. The molecule has 0 radical (unpaired) electrons. The van der Waals surface area contributed by atoms with E-state index in [-0.39, 0.29) is 12.0 Å². The van der Waals surface area contributed by atoms with E-state index >= 15 is 0 Å². The van der Waals surface area contributed by atoms with Crippen LogP contribution in [-0.4, -0.2) is 43.5 Å². The molecule has 0 bridgehead atoms. The normalized spacial score (nSPS) is 26.2. The number of halogens is 1. The summed E-state index contributed by atoms with van der Waals surface area (Å²) in [4.78, 5) is 2.45. The van der Waals surface area contributed by atoms with Crippen molar-refractivity contribution in [2.75, 3.05) is 27.9 Å². The van der Waals surface area contributed by atoms with Gasteiger partial charge >= 0.3 is 0 Å². The molecule has 1 aliphatic heterocycles. The van der Waals surface area contributed by atoms with Gasteiger partial charge in [-0.2, -0.15) is 0 Å². The highest BCUT2D eigenvalue weighted by Crippen LogP contribution is 2.52. The monoisotopic (exact) mass is 445 g/mol. The largest absolute Gasteiger partial charge is 0.493 e. The Balaban J connectivity index is 1.79. The number of ether oxygens (including phenoxy) is 3. The molecule has 0 amide bonds. The minimum Gasteiger partial charge on any atom is -0.493 e. The van der Waals surface area contributed by atoms with E-state index in [9.17, 15) is 5.11 Å². The Labute approximate surface area is 189 Å². The summed E-state index contributed by atoms with van der Waals surface area (Å²) in [5, 5.41) is 12.3. The molecule has 6 heteroatoms. The van der Waals surface area contributed by atoms with Gasteiger partial charge in [-0.15, -0.1) is 0 Å². The van der Waals surface area contributed by atoms with Crippen molar-refractivity contribution in [3.8, 4) is 17.2 Å². The van der Waals surface area contributed by atoms with Crippen molar-refractivity contribution in [2.24, 2.45) is 5.92 Å². The average Bonchev–Trinajstić information content (AvgIpc) is 2.79. The highest BCUT2D eigenvalue weighted by molar-refractivity contribution is 6.31. The minimum atomic E-state index is -0.639. The molecule has 2 aromatic carbocycles. The third-order valence-corrected chi connectivity index (χ3v) is 7.40. The summed E-state index contributed by atoms with van der Waals surface area (Å²) in [7, 11) is 4.89. The van der Waals surface area contributed by atoms with Gasteiger partial charge in [-0.1, -0.05) is 42.6 Å². The Morgan fingerprint density at radius 1 is 1.03 bits per heavy atom. The molecule has 0 unspecified atom stereocenters. The fourth-order valence-electron chi connectivity index (χ4n) is 5.48. The van der Waals surface area contributed by atoms with Gasteiger partial charge in [-0.05, 0) is 48.6 Å². The van der Waals surface area contributed by atoms with Gasteiger partial charge in [-0.25, -0.2) is 0 Å². The van der Waals surface area contributed by atoms with Gasteiger partial charge in [0.25, 0.3) is 0 Å². The van der Waals surface area contributed by atoms with Crippen LogP contribution in [0.5, 0.6) is 17.2 Å². The second-order valence-corrected chi connectivity index (χ2v) is 9.08. The molecule has 2 aromatic rings. The van der Waals surface area contributed by atoms with Crippen molar-refractivity contribution in [3.05, 3.63) is 52.5 Å². The van der Waals surface area contributed by atoms with E-state index in [1.807, 2.05) is 30.3 Å². The zero-order chi connectivity index (χ0) is 22.0. The van der Waals surface area contributed by atoms with Gasteiger partial charge in [0.15, 0.2) is 11.5 Å². The summed E-state index contributed by atoms with van der Waals surface area (Å²) in [5.41, 5.74) is 1.54. The fourth-order valence-corrected chi connectivity index (χ4v) is 5.68. The highest BCUT2D eigenvalue weighted by Gasteiger charge is 2.49. The van der Waals surface area contributed by atoms with Crippen LogP contribution in [0.25, 0.3) is 0 Å². The Kier molecular flexibility index (Phi) is 6.65. The molecule has 168 valence electrons. The van der Waals surface area contributed by atoms with Crippen LogP contribution in [0.3, 0.4) is 0 Å². The minimum absolute atomic E-state index is 0.0315. The Bertz CT molecular complexity index is 895. The standard InChI is InChI=1S/C25H32ClNO4/c1-29-21-14-18(15-22(30-2)24(21)31-3)23-19-9-6-7-11-25(19,28)12-13-27(23)16-17-8-4-5-10-20(17)26/h4-5,8,10,14-15,19,23,28H,6-7,9,11-13,16H2,1-3H3/t19-,23+,25-/m1/s1. The molecule has 0 spiro atoms. The van der Waals surface area contributed by atoms with Gasteiger partial charge in [0, 0.05) is 30.1 Å². The molecular weight excluding hydrogens is 414 g/mol. The number of rotatable bonds is 6. The second kappa shape index (κ2) is 9.27. The van der Waals surface area contributed by atoms with Crippen molar-refractivity contribution < 1.29 is 19.3 Å². The molecular formula is C25H32ClNO4. The predicted molar refractivity (Wildman–Crippen MR) is 122 cm³/mol. The lowest BCUT2D eigenvalue weighted by molar-refractivity contribution is -0.126. The maximum atomic E-state index is 11.6. The van der Waals surface area contributed by atoms with Crippen molar-refractivity contribution in [3.63, 3.8) is 0 Å². The number of aliphatic hydroxyl groups is 1. The highest BCUT2D eigenvalue weighted by atomic mass is 35.5. The Hall–Kier alpha value is -1.95. The van der Waals surface area contributed by atoms with E-state index in [0.29, 0.717) is 17.2 Å². The number of hydrogen-bond acceptors (Lipinski definition) is 5. The first-order chi connectivity index (χ1) is 15.0. The van der Waals surface area contributed by atoms with Crippen LogP contribution in [0, 0.1) is 5.92 Å². The van der Waals surface area contributed by atoms with Crippen molar-refractivity contribution in [2.45, 2.75) is 50.3 Å². The third kappa shape index (κ3) is 4.23. The van der Waals surface area contributed by atoms with Gasteiger partial charge in [0.1, 0.15) is 0 Å². The Morgan fingerprint density at radius 3 is 2.39 bits per heavy atom. The maximum Gasteiger partial charge on any atom is 0.203 e. The molecule has 1 saturated heterocycles. The molecule has 1 heterocycles. The molecule has 5 nitrogen and oxygen atoms in total. The summed E-state index contributed by atoms with van der Waals surface area (Å²) in [5.74, 6) is 2.00. The first-order valence-electron chi connectivity index (χ1n) is 11.0. The van der Waals surface area contributed by atoms with E-state index in [4.69, 9.17) is 25.8 Å². The zero-order valence-corrected chi connectivity index (χ0v) is 19.3. The van der Waals surface area contributed by atoms with Gasteiger partial charge in [0.05, 0.1) is 26.9 Å². The van der Waals surface area contributed by atoms with Crippen LogP contribution < -0.4 is 14.2 Å². The van der Waals surface area contributed by atoms with E-state index in [0.717, 1.165) is 61.3 Å². The summed E-state index contributed by atoms with van der Waals surface area (Å²) >= 11 is 6.50. The van der Waals surface area contributed by atoms with Gasteiger partial charge in [-0.3, -0.25) is 4.90 Å². The number of methoxy groups -OCH3 is 3. The van der Waals surface area contributed by atoms with Crippen LogP contribution in [0.15, 0.2) is 36.4 Å². The SMILES string of the molecule is COc1cc([C@H]2[C@H]3CCCC[C@@]3(O)CCN2Cc2ccccc2Cl)cc(OC)c1OC. The smallest absolute Gasteiger partial charge is 0.203 e. The van der Waals surface area contributed by atoms with Crippen molar-refractivity contribution in [1.29, 1.82) is 0 Å². The van der Waals surface area contributed by atoms with Gasteiger partial charge in [0.2, 0.25) is 5.75 Å². The lowest BCUT2D eigenvalue weighted by Crippen LogP contribution is -2.54. The number of likely N-dealkylation sites (tertiary alicyclic amines) is 1.